The van der Waals surface area contributed by atoms with Gasteiger partial charge in [-0.1, -0.05) is 0 Å². The van der Waals surface area contributed by atoms with Crippen LogP contribution in [0.15, 0.2) is 28.6 Å². The normalized spacial score (nSPS) is 11.7. The van der Waals surface area contributed by atoms with Crippen LogP contribution in [0.3, 0.4) is 0 Å². The molecule has 20 heavy (non-hydrogen) atoms. The summed E-state index contributed by atoms with van der Waals surface area (Å²) in [7, 11) is -4.27. The van der Waals surface area contributed by atoms with Gasteiger partial charge in [-0.2, -0.15) is 0 Å². The van der Waals surface area contributed by atoms with Gasteiger partial charge in [0, 0.05) is 30.2 Å². The highest BCUT2D eigenvalue weighted by molar-refractivity contribution is 7.89. The van der Waals surface area contributed by atoms with Gasteiger partial charge in [-0.3, -0.25) is 0 Å². The molecule has 3 N–H and O–H groups in total. The molecule has 0 unspecified atom stereocenters. The second-order valence-corrected chi connectivity index (χ2v) is 6.57. The summed E-state index contributed by atoms with van der Waals surface area (Å²) in [5.74, 6) is -2.44. The maximum atomic E-state index is 13.6. The largest absolute Gasteiger partial charge is 0.399 e. The number of hydrogen-bond acceptors (Lipinski definition) is 5. The van der Waals surface area contributed by atoms with E-state index in [4.69, 9.17) is 5.73 Å². The summed E-state index contributed by atoms with van der Waals surface area (Å²) in [6.07, 6.45) is 1.93. The fraction of sp³-hybridized carbons (Fsp3) is 0.182. The predicted octanol–water partition coefficient (Wildman–Crippen LogP) is 1.52. The van der Waals surface area contributed by atoms with Crippen molar-refractivity contribution in [3.8, 4) is 0 Å². The van der Waals surface area contributed by atoms with E-state index >= 15 is 0 Å². The minimum absolute atomic E-state index is 0.000890. The van der Waals surface area contributed by atoms with Gasteiger partial charge in [0.15, 0.2) is 4.90 Å². The molecule has 2 aromatic rings. The molecule has 0 atom stereocenters. The first kappa shape index (κ1) is 14.8. The minimum atomic E-state index is -4.27. The molecule has 0 spiro atoms. The quantitative estimate of drug-likeness (QED) is 0.818. The number of thiazole rings is 1. The first-order chi connectivity index (χ1) is 9.40. The Morgan fingerprint density at radius 1 is 1.30 bits per heavy atom. The Labute approximate surface area is 118 Å². The van der Waals surface area contributed by atoms with Crippen LogP contribution in [0.25, 0.3) is 0 Å². The highest BCUT2D eigenvalue weighted by atomic mass is 32.2. The average Bonchev–Trinajstić information content (AvgIpc) is 2.79. The van der Waals surface area contributed by atoms with E-state index in [9.17, 15) is 17.2 Å². The maximum Gasteiger partial charge on any atom is 0.246 e. The lowest BCUT2D eigenvalue weighted by Crippen LogP contribution is -2.27. The molecule has 9 heteroatoms. The zero-order valence-corrected chi connectivity index (χ0v) is 11.8. The van der Waals surface area contributed by atoms with Crippen LogP contribution >= 0.6 is 11.3 Å². The van der Waals surface area contributed by atoms with Crippen LogP contribution in [0.2, 0.25) is 0 Å². The molecule has 0 saturated heterocycles. The fourth-order valence-electron chi connectivity index (χ4n) is 1.58. The second-order valence-electron chi connectivity index (χ2n) is 3.89. The minimum Gasteiger partial charge on any atom is -0.399 e. The van der Waals surface area contributed by atoms with Crippen molar-refractivity contribution in [1.29, 1.82) is 0 Å². The number of halogens is 2. The zero-order valence-electron chi connectivity index (χ0n) is 10.1. The summed E-state index contributed by atoms with van der Waals surface area (Å²) in [6, 6.07) is 1.52. The van der Waals surface area contributed by atoms with E-state index < -0.39 is 26.6 Å². The zero-order chi connectivity index (χ0) is 14.8. The molecule has 0 saturated carbocycles. The topological polar surface area (TPSA) is 85.1 Å². The van der Waals surface area contributed by atoms with Crippen LogP contribution in [-0.4, -0.2) is 19.9 Å². The lowest BCUT2D eigenvalue weighted by atomic mass is 10.3. The third-order valence-corrected chi connectivity index (χ3v) is 4.75. The van der Waals surface area contributed by atoms with E-state index in [-0.39, 0.29) is 12.2 Å². The Kier molecular flexibility index (Phi) is 4.31. The number of nitrogens with two attached hydrogens (primary N) is 1. The van der Waals surface area contributed by atoms with Crippen LogP contribution in [0.1, 0.15) is 5.01 Å². The number of benzene rings is 1. The number of sulfonamides is 1. The molecule has 0 fully saturated rings. The number of nitrogens with zero attached hydrogens (tertiary/aromatic N) is 1. The molecule has 1 aromatic heterocycles. The Hall–Kier alpha value is -1.58. The molecule has 0 amide bonds. The van der Waals surface area contributed by atoms with E-state index in [1.807, 2.05) is 0 Å². The molecule has 0 aliphatic carbocycles. The molecule has 0 bridgehead atoms. The molecule has 1 heterocycles. The Morgan fingerprint density at radius 2 is 1.95 bits per heavy atom. The van der Waals surface area contributed by atoms with E-state index in [2.05, 4.69) is 9.71 Å². The van der Waals surface area contributed by atoms with E-state index in [0.717, 1.165) is 17.1 Å². The van der Waals surface area contributed by atoms with Gasteiger partial charge in [-0.25, -0.2) is 26.9 Å². The predicted molar refractivity (Wildman–Crippen MR) is 71.8 cm³/mol. The highest BCUT2D eigenvalue weighted by Gasteiger charge is 2.24. The van der Waals surface area contributed by atoms with Gasteiger partial charge in [0.05, 0.1) is 5.01 Å². The lowest BCUT2D eigenvalue weighted by molar-refractivity contribution is 0.515. The first-order valence-corrected chi connectivity index (χ1v) is 7.89. The van der Waals surface area contributed by atoms with Crippen LogP contribution in [0, 0.1) is 11.6 Å². The van der Waals surface area contributed by atoms with E-state index in [1.54, 1.807) is 11.6 Å². The van der Waals surface area contributed by atoms with Gasteiger partial charge in [-0.15, -0.1) is 11.3 Å². The average molecular weight is 319 g/mol. The monoisotopic (exact) mass is 319 g/mol. The molecule has 0 aliphatic heterocycles. The molecule has 2 rings (SSSR count). The number of aromatic nitrogens is 1. The third kappa shape index (κ3) is 3.30. The number of hydrogen-bond donors (Lipinski definition) is 2. The summed E-state index contributed by atoms with van der Waals surface area (Å²) < 4.78 is 53.0. The summed E-state index contributed by atoms with van der Waals surface area (Å²) >= 11 is 1.37. The van der Waals surface area contributed by atoms with Crippen molar-refractivity contribution >= 4 is 27.0 Å². The molecule has 108 valence electrons. The Balaban J connectivity index is 2.14. The lowest BCUT2D eigenvalue weighted by Gasteiger charge is -2.08. The van der Waals surface area contributed by atoms with Crippen LogP contribution in [0.5, 0.6) is 0 Å². The van der Waals surface area contributed by atoms with Gasteiger partial charge in [0.1, 0.15) is 11.6 Å². The molecule has 1 aromatic carbocycles. The second kappa shape index (κ2) is 5.81. The smallest absolute Gasteiger partial charge is 0.246 e. The van der Waals surface area contributed by atoms with Gasteiger partial charge in [0.25, 0.3) is 0 Å². The SMILES string of the molecule is Nc1cc(F)c(S(=O)(=O)NCCc2nccs2)c(F)c1. The number of rotatable bonds is 5. The van der Waals surface area contributed by atoms with Crippen molar-refractivity contribution in [2.45, 2.75) is 11.3 Å². The molecular weight excluding hydrogens is 308 g/mol. The summed E-state index contributed by atoms with van der Waals surface area (Å²) in [6.45, 7) is -0.000890. The van der Waals surface area contributed by atoms with Crippen molar-refractivity contribution in [3.05, 3.63) is 40.4 Å². The Morgan fingerprint density at radius 3 is 2.50 bits per heavy atom. The highest BCUT2D eigenvalue weighted by Crippen LogP contribution is 2.21. The molecule has 0 radical (unpaired) electrons. The third-order valence-electron chi connectivity index (χ3n) is 2.40. The van der Waals surface area contributed by atoms with Crippen molar-refractivity contribution in [2.24, 2.45) is 0 Å². The molecule has 0 aliphatic rings. The fourth-order valence-corrected chi connectivity index (χ4v) is 3.34. The Bertz CT molecular complexity index is 679. The standard InChI is InChI=1S/C11H11F2N3O2S2/c12-8-5-7(14)6-9(13)11(8)20(17,18)16-2-1-10-15-3-4-19-10/h3-6,16H,1-2,14H2. The summed E-state index contributed by atoms with van der Waals surface area (Å²) in [4.78, 5) is 2.95. The van der Waals surface area contributed by atoms with Crippen LogP contribution in [-0.2, 0) is 16.4 Å². The molecule has 5 nitrogen and oxygen atoms in total. The van der Waals surface area contributed by atoms with Gasteiger partial charge in [0.2, 0.25) is 10.0 Å². The van der Waals surface area contributed by atoms with Gasteiger partial charge >= 0.3 is 0 Å². The summed E-state index contributed by atoms with van der Waals surface area (Å²) in [5, 5.41) is 2.48. The van der Waals surface area contributed by atoms with E-state index in [1.165, 1.54) is 11.3 Å². The summed E-state index contributed by atoms with van der Waals surface area (Å²) in [5.41, 5.74) is 5.05. The number of nitrogen functional groups attached to an aromatic ring is 1. The van der Waals surface area contributed by atoms with Crippen molar-refractivity contribution in [3.63, 3.8) is 0 Å². The first-order valence-electron chi connectivity index (χ1n) is 5.52. The van der Waals surface area contributed by atoms with Crippen LogP contribution < -0.4 is 10.5 Å². The van der Waals surface area contributed by atoms with Gasteiger partial charge in [-0.05, 0) is 12.1 Å². The maximum absolute atomic E-state index is 13.6. The van der Waals surface area contributed by atoms with Crippen LogP contribution in [0.4, 0.5) is 14.5 Å². The van der Waals surface area contributed by atoms with Crippen molar-refractivity contribution in [2.75, 3.05) is 12.3 Å². The van der Waals surface area contributed by atoms with Gasteiger partial charge < -0.3 is 5.73 Å². The number of nitrogens with one attached hydrogen (secondary N) is 1. The number of anilines is 1. The van der Waals surface area contributed by atoms with E-state index in [0.29, 0.717) is 6.42 Å². The van der Waals surface area contributed by atoms with Crippen molar-refractivity contribution in [1.82, 2.24) is 9.71 Å². The van der Waals surface area contributed by atoms with Crippen molar-refractivity contribution < 1.29 is 17.2 Å². The molecular formula is C11H11F2N3O2S2.